The minimum Gasteiger partial charge on any atom is -0.368 e. The van der Waals surface area contributed by atoms with E-state index >= 15 is 0 Å². The average Bonchev–Trinajstić information content (AvgIpc) is 2.02. The van der Waals surface area contributed by atoms with Gasteiger partial charge in [0, 0.05) is 6.26 Å². The van der Waals surface area contributed by atoms with E-state index in [1.54, 1.807) is 30.3 Å². The van der Waals surface area contributed by atoms with Crippen LogP contribution in [0, 0.1) is 0 Å². The Bertz CT molecular complexity index is 430. The molecular formula is C9H12ClNO3S. The van der Waals surface area contributed by atoms with Crippen LogP contribution in [-0.4, -0.2) is 20.6 Å². The average molecular weight is 250 g/mol. The fourth-order valence-electron chi connectivity index (χ4n) is 1.25. The van der Waals surface area contributed by atoms with Crippen LogP contribution in [0.3, 0.4) is 0 Å². The van der Waals surface area contributed by atoms with Gasteiger partial charge in [-0.15, -0.1) is 12.4 Å². The zero-order valence-corrected chi connectivity index (χ0v) is 9.72. The summed E-state index contributed by atoms with van der Waals surface area (Å²) in [4.78, 5) is 11.0. The monoisotopic (exact) mass is 249 g/mol. The van der Waals surface area contributed by atoms with Gasteiger partial charge in [-0.25, -0.2) is 8.42 Å². The number of sulfone groups is 1. The number of carbonyl (C=O) groups excluding carboxylic acids is 1. The second-order valence-electron chi connectivity index (χ2n) is 3.02. The van der Waals surface area contributed by atoms with Crippen molar-refractivity contribution < 1.29 is 13.2 Å². The highest BCUT2D eigenvalue weighted by molar-refractivity contribution is 7.91. The van der Waals surface area contributed by atoms with Gasteiger partial charge in [0.1, 0.15) is 0 Å². The van der Waals surface area contributed by atoms with E-state index < -0.39 is 21.0 Å². The first-order valence-electron chi connectivity index (χ1n) is 3.96. The lowest BCUT2D eigenvalue weighted by Crippen LogP contribution is -2.27. The van der Waals surface area contributed by atoms with Gasteiger partial charge in [-0.3, -0.25) is 4.79 Å². The van der Waals surface area contributed by atoms with Crippen LogP contribution in [0.2, 0.25) is 0 Å². The van der Waals surface area contributed by atoms with Crippen LogP contribution in [0.4, 0.5) is 0 Å². The van der Waals surface area contributed by atoms with Crippen molar-refractivity contribution in [3.05, 3.63) is 35.9 Å². The van der Waals surface area contributed by atoms with Gasteiger partial charge in [0.25, 0.3) is 0 Å². The van der Waals surface area contributed by atoms with Crippen LogP contribution in [0.15, 0.2) is 30.3 Å². The van der Waals surface area contributed by atoms with Gasteiger partial charge < -0.3 is 5.73 Å². The SMILES string of the molecule is CS(=O)(=O)C(C(N)=O)c1ccccc1.Cl. The van der Waals surface area contributed by atoms with Crippen molar-refractivity contribution in [3.8, 4) is 0 Å². The van der Waals surface area contributed by atoms with E-state index in [1.807, 2.05) is 0 Å². The summed E-state index contributed by atoms with van der Waals surface area (Å²) in [6.07, 6.45) is 0.995. The van der Waals surface area contributed by atoms with E-state index in [0.29, 0.717) is 5.56 Å². The molecule has 6 heteroatoms. The minimum absolute atomic E-state index is 0. The lowest BCUT2D eigenvalue weighted by atomic mass is 10.1. The van der Waals surface area contributed by atoms with Gasteiger partial charge in [0.15, 0.2) is 15.1 Å². The van der Waals surface area contributed by atoms with Crippen LogP contribution >= 0.6 is 12.4 Å². The number of hydrogen-bond acceptors (Lipinski definition) is 3. The molecule has 1 aromatic carbocycles. The molecule has 0 aliphatic heterocycles. The van der Waals surface area contributed by atoms with Gasteiger partial charge in [0.2, 0.25) is 5.91 Å². The van der Waals surface area contributed by atoms with Crippen LogP contribution in [0.1, 0.15) is 10.8 Å². The largest absolute Gasteiger partial charge is 0.368 e. The van der Waals surface area contributed by atoms with Gasteiger partial charge in [-0.2, -0.15) is 0 Å². The molecule has 2 N–H and O–H groups in total. The Hall–Kier alpha value is -1.07. The summed E-state index contributed by atoms with van der Waals surface area (Å²) in [5.41, 5.74) is 5.44. The molecule has 0 heterocycles. The zero-order chi connectivity index (χ0) is 10.8. The normalized spacial score (nSPS) is 12.6. The third-order valence-corrected chi connectivity index (χ3v) is 3.15. The Labute approximate surface area is 94.8 Å². The molecule has 0 radical (unpaired) electrons. The van der Waals surface area contributed by atoms with Gasteiger partial charge in [-0.1, -0.05) is 30.3 Å². The number of halogens is 1. The number of rotatable bonds is 3. The lowest BCUT2D eigenvalue weighted by Gasteiger charge is -2.10. The van der Waals surface area contributed by atoms with Crippen molar-refractivity contribution in [1.29, 1.82) is 0 Å². The Morgan fingerprint density at radius 3 is 2.07 bits per heavy atom. The fraction of sp³-hybridized carbons (Fsp3) is 0.222. The highest BCUT2D eigenvalue weighted by atomic mass is 35.5. The fourth-order valence-corrected chi connectivity index (χ4v) is 2.32. The van der Waals surface area contributed by atoms with E-state index in [4.69, 9.17) is 5.73 Å². The number of primary amides is 1. The lowest BCUT2D eigenvalue weighted by molar-refractivity contribution is -0.117. The summed E-state index contributed by atoms with van der Waals surface area (Å²) in [7, 11) is -3.49. The molecule has 1 unspecified atom stereocenters. The summed E-state index contributed by atoms with van der Waals surface area (Å²) >= 11 is 0. The van der Waals surface area contributed by atoms with Crippen molar-refractivity contribution in [2.75, 3.05) is 6.26 Å². The second kappa shape index (κ2) is 5.14. The van der Waals surface area contributed by atoms with Crippen molar-refractivity contribution in [2.45, 2.75) is 5.25 Å². The second-order valence-corrected chi connectivity index (χ2v) is 5.15. The first kappa shape index (κ1) is 13.9. The molecule has 84 valence electrons. The van der Waals surface area contributed by atoms with Crippen molar-refractivity contribution in [2.24, 2.45) is 5.73 Å². The third-order valence-electron chi connectivity index (χ3n) is 1.79. The van der Waals surface area contributed by atoms with Gasteiger partial charge in [-0.05, 0) is 5.56 Å². The molecule has 15 heavy (non-hydrogen) atoms. The first-order chi connectivity index (χ1) is 6.43. The maximum absolute atomic E-state index is 11.3. The molecule has 1 aromatic rings. The summed E-state index contributed by atoms with van der Waals surface area (Å²) in [5, 5.41) is -1.25. The quantitative estimate of drug-likeness (QED) is 0.856. The topological polar surface area (TPSA) is 77.2 Å². The molecule has 0 spiro atoms. The predicted molar refractivity (Wildman–Crippen MR) is 60.5 cm³/mol. The van der Waals surface area contributed by atoms with E-state index in [9.17, 15) is 13.2 Å². The summed E-state index contributed by atoms with van der Waals surface area (Å²) < 4.78 is 22.5. The van der Waals surface area contributed by atoms with Crippen molar-refractivity contribution in [3.63, 3.8) is 0 Å². The molecule has 0 saturated heterocycles. The molecule has 0 fully saturated rings. The van der Waals surface area contributed by atoms with E-state index in [0.717, 1.165) is 6.26 Å². The molecule has 0 aliphatic carbocycles. The Balaban J connectivity index is 0.00000196. The molecule has 0 bridgehead atoms. The standard InChI is InChI=1S/C9H11NO3S.ClH/c1-14(12,13)8(9(10)11)7-5-3-2-4-6-7;/h2-6,8H,1H3,(H2,10,11);1H. The Kier molecular flexibility index (Phi) is 4.77. The van der Waals surface area contributed by atoms with Crippen LogP contribution in [0.5, 0.6) is 0 Å². The molecule has 0 aliphatic rings. The molecule has 4 nitrogen and oxygen atoms in total. The summed E-state index contributed by atoms with van der Waals surface area (Å²) in [5.74, 6) is -0.848. The van der Waals surface area contributed by atoms with Crippen molar-refractivity contribution in [1.82, 2.24) is 0 Å². The maximum Gasteiger partial charge on any atom is 0.240 e. The zero-order valence-electron chi connectivity index (χ0n) is 8.08. The highest BCUT2D eigenvalue weighted by Crippen LogP contribution is 2.20. The molecule has 0 aromatic heterocycles. The highest BCUT2D eigenvalue weighted by Gasteiger charge is 2.28. The van der Waals surface area contributed by atoms with Gasteiger partial charge >= 0.3 is 0 Å². The van der Waals surface area contributed by atoms with Crippen molar-refractivity contribution >= 4 is 28.2 Å². The van der Waals surface area contributed by atoms with Crippen LogP contribution in [-0.2, 0) is 14.6 Å². The smallest absolute Gasteiger partial charge is 0.240 e. The first-order valence-corrected chi connectivity index (χ1v) is 5.91. The maximum atomic E-state index is 11.3. The number of hydrogen-bond donors (Lipinski definition) is 1. The Morgan fingerprint density at radius 1 is 1.27 bits per heavy atom. The summed E-state index contributed by atoms with van der Waals surface area (Å²) in [6.45, 7) is 0. The molecular weight excluding hydrogens is 238 g/mol. The van der Waals surface area contributed by atoms with Crippen LogP contribution in [0.25, 0.3) is 0 Å². The van der Waals surface area contributed by atoms with E-state index in [1.165, 1.54) is 0 Å². The van der Waals surface area contributed by atoms with Crippen LogP contribution < -0.4 is 5.73 Å². The van der Waals surface area contributed by atoms with E-state index in [2.05, 4.69) is 0 Å². The minimum atomic E-state index is -3.49. The molecule has 0 saturated carbocycles. The number of benzene rings is 1. The third kappa shape index (κ3) is 3.53. The molecule has 1 amide bonds. The Morgan fingerprint density at radius 2 is 1.73 bits per heavy atom. The predicted octanol–water partition coefficient (Wildman–Crippen LogP) is 0.679. The summed E-state index contributed by atoms with van der Waals surface area (Å²) in [6, 6.07) is 8.20. The molecule has 1 atom stereocenters. The number of carbonyl (C=O) groups is 1. The van der Waals surface area contributed by atoms with Gasteiger partial charge in [0.05, 0.1) is 0 Å². The molecule has 1 rings (SSSR count). The number of amides is 1. The van der Waals surface area contributed by atoms with E-state index in [-0.39, 0.29) is 12.4 Å². The number of nitrogens with two attached hydrogens (primary N) is 1.